The number of hydrogen-bond acceptors (Lipinski definition) is 3. The third-order valence-corrected chi connectivity index (χ3v) is 2.17. The molecule has 0 saturated carbocycles. The Balaban J connectivity index is 2.49. The molecule has 1 aliphatic heterocycles. The van der Waals surface area contributed by atoms with Gasteiger partial charge in [-0.15, -0.1) is 0 Å². The highest BCUT2D eigenvalue weighted by Gasteiger charge is 2.16. The number of pyridine rings is 1. The molecule has 0 radical (unpaired) electrons. The average molecular weight is 164 g/mol. The van der Waals surface area contributed by atoms with E-state index in [-0.39, 0.29) is 6.04 Å². The highest BCUT2D eigenvalue weighted by Crippen LogP contribution is 2.25. The van der Waals surface area contributed by atoms with Crippen LogP contribution in [-0.4, -0.2) is 4.98 Å². The van der Waals surface area contributed by atoms with E-state index in [2.05, 4.69) is 4.98 Å². The topological polar surface area (TPSA) is 48.1 Å². The van der Waals surface area contributed by atoms with E-state index in [1.54, 1.807) is 0 Å². The zero-order valence-corrected chi connectivity index (χ0v) is 7.08. The van der Waals surface area contributed by atoms with Crippen LogP contribution in [0.1, 0.15) is 29.7 Å². The van der Waals surface area contributed by atoms with Crippen LogP contribution in [-0.2, 0) is 18.0 Å². The molecule has 1 aliphatic rings. The van der Waals surface area contributed by atoms with Crippen molar-refractivity contribution in [2.75, 3.05) is 0 Å². The van der Waals surface area contributed by atoms with Crippen LogP contribution in [0.4, 0.5) is 0 Å². The Bertz CT molecular complexity index is 297. The van der Waals surface area contributed by atoms with Gasteiger partial charge in [-0.25, -0.2) is 0 Å². The SMILES string of the molecule is CC(N)c1cncc2c1COC2. The maximum atomic E-state index is 5.79. The Morgan fingerprint density at radius 3 is 3.08 bits per heavy atom. The summed E-state index contributed by atoms with van der Waals surface area (Å²) in [7, 11) is 0. The quantitative estimate of drug-likeness (QED) is 0.676. The molecule has 1 unspecified atom stereocenters. The molecule has 12 heavy (non-hydrogen) atoms. The molecule has 2 rings (SSSR count). The summed E-state index contributed by atoms with van der Waals surface area (Å²) in [6.07, 6.45) is 3.69. The molecule has 1 aromatic rings. The van der Waals surface area contributed by atoms with E-state index in [1.807, 2.05) is 19.3 Å². The largest absolute Gasteiger partial charge is 0.372 e. The first-order valence-electron chi connectivity index (χ1n) is 4.08. The Morgan fingerprint density at radius 2 is 2.33 bits per heavy atom. The second kappa shape index (κ2) is 2.84. The fourth-order valence-corrected chi connectivity index (χ4v) is 1.50. The van der Waals surface area contributed by atoms with Gasteiger partial charge in [0.15, 0.2) is 0 Å². The molecule has 0 saturated heterocycles. The molecule has 1 atom stereocenters. The lowest BCUT2D eigenvalue weighted by atomic mass is 10.0. The number of ether oxygens (including phenoxy) is 1. The van der Waals surface area contributed by atoms with Crippen molar-refractivity contribution in [1.82, 2.24) is 4.98 Å². The summed E-state index contributed by atoms with van der Waals surface area (Å²) >= 11 is 0. The number of fused-ring (bicyclic) bond motifs is 1. The molecule has 2 heterocycles. The summed E-state index contributed by atoms with van der Waals surface area (Å²) in [5, 5.41) is 0. The predicted molar refractivity (Wildman–Crippen MR) is 45.3 cm³/mol. The zero-order chi connectivity index (χ0) is 8.55. The van der Waals surface area contributed by atoms with Crippen LogP contribution >= 0.6 is 0 Å². The standard InChI is InChI=1S/C9H12N2O/c1-6(10)8-3-11-2-7-4-12-5-9(7)8/h2-3,6H,4-5,10H2,1H3. The van der Waals surface area contributed by atoms with Gasteiger partial charge >= 0.3 is 0 Å². The van der Waals surface area contributed by atoms with Crippen molar-refractivity contribution in [3.8, 4) is 0 Å². The summed E-state index contributed by atoms with van der Waals surface area (Å²) in [6, 6.07) is 0.0501. The molecule has 0 spiro atoms. The summed E-state index contributed by atoms with van der Waals surface area (Å²) in [4.78, 5) is 4.12. The maximum absolute atomic E-state index is 5.79. The third-order valence-electron chi connectivity index (χ3n) is 2.17. The molecule has 0 bridgehead atoms. The fraction of sp³-hybridized carbons (Fsp3) is 0.444. The Labute approximate surface area is 71.6 Å². The first kappa shape index (κ1) is 7.71. The van der Waals surface area contributed by atoms with E-state index in [0.29, 0.717) is 13.2 Å². The maximum Gasteiger partial charge on any atom is 0.0740 e. The monoisotopic (exact) mass is 164 g/mol. The van der Waals surface area contributed by atoms with Gasteiger partial charge in [-0.2, -0.15) is 0 Å². The highest BCUT2D eigenvalue weighted by molar-refractivity contribution is 5.34. The van der Waals surface area contributed by atoms with E-state index in [4.69, 9.17) is 10.5 Å². The number of nitrogens with two attached hydrogens (primary N) is 1. The van der Waals surface area contributed by atoms with Crippen molar-refractivity contribution in [1.29, 1.82) is 0 Å². The first-order valence-corrected chi connectivity index (χ1v) is 4.08. The van der Waals surface area contributed by atoms with Gasteiger partial charge in [0.1, 0.15) is 0 Å². The van der Waals surface area contributed by atoms with Crippen molar-refractivity contribution in [2.45, 2.75) is 26.2 Å². The van der Waals surface area contributed by atoms with Crippen LogP contribution in [0.15, 0.2) is 12.4 Å². The second-order valence-corrected chi connectivity index (χ2v) is 3.15. The molecule has 3 nitrogen and oxygen atoms in total. The molecule has 2 N–H and O–H groups in total. The fourth-order valence-electron chi connectivity index (χ4n) is 1.50. The number of hydrogen-bond donors (Lipinski definition) is 1. The van der Waals surface area contributed by atoms with E-state index in [0.717, 1.165) is 5.56 Å². The van der Waals surface area contributed by atoms with Gasteiger partial charge in [0, 0.05) is 24.0 Å². The van der Waals surface area contributed by atoms with E-state index in [1.165, 1.54) is 11.1 Å². The van der Waals surface area contributed by atoms with Crippen molar-refractivity contribution in [3.05, 3.63) is 29.1 Å². The highest BCUT2D eigenvalue weighted by atomic mass is 16.5. The summed E-state index contributed by atoms with van der Waals surface area (Å²) in [5.41, 5.74) is 9.33. The zero-order valence-electron chi connectivity index (χ0n) is 7.08. The molecule has 0 aromatic carbocycles. The van der Waals surface area contributed by atoms with Gasteiger partial charge in [-0.05, 0) is 18.1 Å². The molecule has 0 amide bonds. The molecular formula is C9H12N2O. The van der Waals surface area contributed by atoms with Gasteiger partial charge < -0.3 is 10.5 Å². The van der Waals surface area contributed by atoms with Crippen molar-refractivity contribution < 1.29 is 4.74 Å². The minimum absolute atomic E-state index is 0.0501. The Hall–Kier alpha value is -0.930. The van der Waals surface area contributed by atoms with Gasteiger partial charge in [0.05, 0.1) is 13.2 Å². The van der Waals surface area contributed by atoms with Crippen LogP contribution in [0.5, 0.6) is 0 Å². The second-order valence-electron chi connectivity index (χ2n) is 3.15. The lowest BCUT2D eigenvalue weighted by Crippen LogP contribution is -2.08. The average Bonchev–Trinajstić information content (AvgIpc) is 2.49. The van der Waals surface area contributed by atoms with E-state index < -0.39 is 0 Å². The smallest absolute Gasteiger partial charge is 0.0740 e. The van der Waals surface area contributed by atoms with Gasteiger partial charge in [0.2, 0.25) is 0 Å². The molecule has 0 aliphatic carbocycles. The van der Waals surface area contributed by atoms with Crippen molar-refractivity contribution >= 4 is 0 Å². The number of aromatic nitrogens is 1. The lowest BCUT2D eigenvalue weighted by molar-refractivity contribution is 0.134. The van der Waals surface area contributed by atoms with Gasteiger partial charge in [-0.1, -0.05) is 0 Å². The number of rotatable bonds is 1. The van der Waals surface area contributed by atoms with Gasteiger partial charge in [0.25, 0.3) is 0 Å². The first-order chi connectivity index (χ1) is 5.79. The summed E-state index contributed by atoms with van der Waals surface area (Å²) in [5.74, 6) is 0. The van der Waals surface area contributed by atoms with Crippen LogP contribution in [0, 0.1) is 0 Å². The molecule has 64 valence electrons. The predicted octanol–water partition coefficient (Wildman–Crippen LogP) is 1.13. The molecular weight excluding hydrogens is 152 g/mol. The van der Waals surface area contributed by atoms with Crippen molar-refractivity contribution in [3.63, 3.8) is 0 Å². The third kappa shape index (κ3) is 1.11. The van der Waals surface area contributed by atoms with E-state index in [9.17, 15) is 0 Å². The summed E-state index contributed by atoms with van der Waals surface area (Å²) < 4.78 is 5.31. The van der Waals surface area contributed by atoms with Crippen LogP contribution in [0.2, 0.25) is 0 Å². The van der Waals surface area contributed by atoms with Crippen LogP contribution < -0.4 is 5.73 Å². The molecule has 0 fully saturated rings. The Morgan fingerprint density at radius 1 is 1.50 bits per heavy atom. The Kier molecular flexibility index (Phi) is 1.83. The molecule has 1 aromatic heterocycles. The molecule has 3 heteroatoms. The van der Waals surface area contributed by atoms with Crippen LogP contribution in [0.25, 0.3) is 0 Å². The minimum atomic E-state index is 0.0501. The normalized spacial score (nSPS) is 17.5. The van der Waals surface area contributed by atoms with E-state index >= 15 is 0 Å². The summed E-state index contributed by atoms with van der Waals surface area (Å²) in [6.45, 7) is 3.34. The minimum Gasteiger partial charge on any atom is -0.372 e. The van der Waals surface area contributed by atoms with Gasteiger partial charge in [-0.3, -0.25) is 4.98 Å². The van der Waals surface area contributed by atoms with Crippen molar-refractivity contribution in [2.24, 2.45) is 5.73 Å². The number of nitrogens with zero attached hydrogens (tertiary/aromatic N) is 1. The van der Waals surface area contributed by atoms with Crippen LogP contribution in [0.3, 0.4) is 0 Å². The lowest BCUT2D eigenvalue weighted by Gasteiger charge is -2.08.